The number of Topliss-reactive ketones (excluding diaryl/α,β-unsaturated/α-hetero) is 1. The van der Waals surface area contributed by atoms with Gasteiger partial charge in [-0.15, -0.1) is 0 Å². The molecular weight excluding hydrogens is 296 g/mol. The van der Waals surface area contributed by atoms with E-state index in [0.717, 1.165) is 6.42 Å². The van der Waals surface area contributed by atoms with Crippen LogP contribution in [0.2, 0.25) is 0 Å². The van der Waals surface area contributed by atoms with E-state index in [-0.39, 0.29) is 16.2 Å². The Morgan fingerprint density at radius 1 is 1.56 bits per heavy atom. The average molecular weight is 311 g/mol. The van der Waals surface area contributed by atoms with E-state index in [4.69, 9.17) is 5.26 Å². The van der Waals surface area contributed by atoms with Crippen LogP contribution >= 0.6 is 15.9 Å². The van der Waals surface area contributed by atoms with Crippen molar-refractivity contribution in [3.63, 3.8) is 0 Å². The van der Waals surface area contributed by atoms with Gasteiger partial charge in [-0.1, -0.05) is 36.2 Å². The van der Waals surface area contributed by atoms with E-state index in [1.807, 2.05) is 13.8 Å². The molecule has 1 heterocycles. The van der Waals surface area contributed by atoms with E-state index in [9.17, 15) is 9.59 Å². The van der Waals surface area contributed by atoms with Gasteiger partial charge in [0.1, 0.15) is 11.6 Å². The SMILES string of the molecule is CCCc1[nH]c(=O)c(C#N)cc1C(=O)C(Br)CC. The molecule has 0 spiro atoms. The Bertz CT molecular complexity index is 543. The maximum Gasteiger partial charge on any atom is 0.266 e. The highest BCUT2D eigenvalue weighted by atomic mass is 79.9. The summed E-state index contributed by atoms with van der Waals surface area (Å²) in [6, 6.07) is 3.20. The number of hydrogen-bond acceptors (Lipinski definition) is 3. The number of pyridine rings is 1. The molecule has 1 aromatic heterocycles. The molecule has 0 bridgehead atoms. The molecule has 4 nitrogen and oxygen atoms in total. The largest absolute Gasteiger partial charge is 0.324 e. The number of ketones is 1. The molecule has 1 atom stereocenters. The van der Waals surface area contributed by atoms with Crippen LogP contribution in [-0.4, -0.2) is 15.6 Å². The molecule has 18 heavy (non-hydrogen) atoms. The van der Waals surface area contributed by atoms with Gasteiger partial charge in [0.15, 0.2) is 5.78 Å². The minimum Gasteiger partial charge on any atom is -0.324 e. The molecule has 1 rings (SSSR count). The van der Waals surface area contributed by atoms with E-state index < -0.39 is 5.56 Å². The molecule has 96 valence electrons. The number of aromatic amines is 1. The number of aryl methyl sites for hydroxylation is 1. The first-order valence-electron chi connectivity index (χ1n) is 5.89. The summed E-state index contributed by atoms with van der Waals surface area (Å²) in [5.41, 5.74) is 0.607. The van der Waals surface area contributed by atoms with Gasteiger partial charge in [0.2, 0.25) is 0 Å². The zero-order chi connectivity index (χ0) is 13.7. The number of hydrogen-bond donors (Lipinski definition) is 1. The first kappa shape index (κ1) is 14.7. The van der Waals surface area contributed by atoms with Crippen LogP contribution in [0.5, 0.6) is 0 Å². The molecule has 0 aliphatic carbocycles. The normalized spacial score (nSPS) is 11.9. The highest BCUT2D eigenvalue weighted by Crippen LogP contribution is 2.17. The molecule has 1 N–H and O–H groups in total. The van der Waals surface area contributed by atoms with E-state index in [0.29, 0.717) is 24.1 Å². The van der Waals surface area contributed by atoms with Gasteiger partial charge in [-0.3, -0.25) is 9.59 Å². The number of nitrogens with zero attached hydrogens (tertiary/aromatic N) is 1. The van der Waals surface area contributed by atoms with Crippen molar-refractivity contribution in [3.05, 3.63) is 33.2 Å². The van der Waals surface area contributed by atoms with Gasteiger partial charge in [0.25, 0.3) is 5.56 Å². The molecule has 0 saturated heterocycles. The number of halogens is 1. The maximum absolute atomic E-state index is 12.2. The van der Waals surface area contributed by atoms with Crippen LogP contribution in [0.25, 0.3) is 0 Å². The summed E-state index contributed by atoms with van der Waals surface area (Å²) < 4.78 is 0. The summed E-state index contributed by atoms with van der Waals surface area (Å²) in [6.45, 7) is 3.86. The highest BCUT2D eigenvalue weighted by Gasteiger charge is 2.20. The Morgan fingerprint density at radius 3 is 2.72 bits per heavy atom. The smallest absolute Gasteiger partial charge is 0.266 e. The zero-order valence-corrected chi connectivity index (χ0v) is 12.0. The maximum atomic E-state index is 12.2. The van der Waals surface area contributed by atoms with Gasteiger partial charge in [0.05, 0.1) is 4.83 Å². The summed E-state index contributed by atoms with van der Waals surface area (Å²) in [5, 5.41) is 8.85. The number of carbonyl (C=O) groups is 1. The van der Waals surface area contributed by atoms with Gasteiger partial charge >= 0.3 is 0 Å². The molecule has 1 aromatic rings. The molecule has 0 fully saturated rings. The lowest BCUT2D eigenvalue weighted by molar-refractivity contribution is 0.0988. The van der Waals surface area contributed by atoms with Crippen LogP contribution in [0.4, 0.5) is 0 Å². The van der Waals surface area contributed by atoms with Crippen molar-refractivity contribution in [3.8, 4) is 6.07 Å². The molecule has 0 aliphatic heterocycles. The Kier molecular flexibility index (Phi) is 5.29. The van der Waals surface area contributed by atoms with Gasteiger partial charge in [-0.2, -0.15) is 5.26 Å². The predicted molar refractivity (Wildman–Crippen MR) is 73.1 cm³/mol. The standard InChI is InChI=1S/C13H15BrN2O2/c1-3-5-11-9(12(17)10(14)4-2)6-8(7-15)13(18)16-11/h6,10H,3-5H2,1-2H3,(H,16,18). The number of aromatic nitrogens is 1. The van der Waals surface area contributed by atoms with Crippen molar-refractivity contribution in [2.24, 2.45) is 0 Å². The molecule has 0 aliphatic rings. The number of alkyl halides is 1. The predicted octanol–water partition coefficient (Wildman–Crippen LogP) is 2.56. The van der Waals surface area contributed by atoms with Crippen LogP contribution < -0.4 is 5.56 Å². The fraction of sp³-hybridized carbons (Fsp3) is 0.462. The third-order valence-electron chi connectivity index (χ3n) is 2.65. The van der Waals surface area contributed by atoms with Crippen LogP contribution in [-0.2, 0) is 6.42 Å². The summed E-state index contributed by atoms with van der Waals surface area (Å²) in [5.74, 6) is -0.0892. The summed E-state index contributed by atoms with van der Waals surface area (Å²) in [4.78, 5) is 26.1. The minimum atomic E-state index is -0.430. The average Bonchev–Trinajstić information content (AvgIpc) is 2.37. The number of nitrogens with one attached hydrogen (secondary N) is 1. The van der Waals surface area contributed by atoms with Crippen molar-refractivity contribution in [2.75, 3.05) is 0 Å². The third kappa shape index (κ3) is 3.08. The second kappa shape index (κ2) is 6.50. The second-order valence-electron chi connectivity index (χ2n) is 4.01. The number of H-pyrrole nitrogens is 1. The zero-order valence-electron chi connectivity index (χ0n) is 10.4. The Hall–Kier alpha value is -1.41. The first-order valence-corrected chi connectivity index (χ1v) is 6.81. The first-order chi connectivity index (χ1) is 8.54. The second-order valence-corrected chi connectivity index (χ2v) is 5.11. The van der Waals surface area contributed by atoms with Gasteiger partial charge < -0.3 is 4.98 Å². The number of nitriles is 1. The topological polar surface area (TPSA) is 73.7 Å². The van der Waals surface area contributed by atoms with E-state index in [1.165, 1.54) is 6.07 Å². The quantitative estimate of drug-likeness (QED) is 0.671. The molecule has 1 unspecified atom stereocenters. The Balaban J connectivity index is 3.35. The lowest BCUT2D eigenvalue weighted by atomic mass is 10.0. The van der Waals surface area contributed by atoms with Crippen molar-refractivity contribution < 1.29 is 4.79 Å². The molecule has 0 aromatic carbocycles. The third-order valence-corrected chi connectivity index (χ3v) is 3.71. The van der Waals surface area contributed by atoms with E-state index >= 15 is 0 Å². The molecule has 5 heteroatoms. The Morgan fingerprint density at radius 2 is 2.22 bits per heavy atom. The fourth-order valence-electron chi connectivity index (χ4n) is 1.67. The number of rotatable bonds is 5. The van der Waals surface area contributed by atoms with Crippen LogP contribution in [0, 0.1) is 11.3 Å². The van der Waals surface area contributed by atoms with Crippen molar-refractivity contribution >= 4 is 21.7 Å². The molecule has 0 saturated carbocycles. The monoisotopic (exact) mass is 310 g/mol. The van der Waals surface area contributed by atoms with Crippen molar-refractivity contribution in [1.82, 2.24) is 4.98 Å². The lowest BCUT2D eigenvalue weighted by Gasteiger charge is -2.11. The molecule has 0 radical (unpaired) electrons. The van der Waals surface area contributed by atoms with Crippen LogP contribution in [0.15, 0.2) is 10.9 Å². The van der Waals surface area contributed by atoms with Gasteiger partial charge in [-0.05, 0) is 18.9 Å². The highest BCUT2D eigenvalue weighted by molar-refractivity contribution is 9.10. The minimum absolute atomic E-state index is 0.0194. The fourth-order valence-corrected chi connectivity index (χ4v) is 1.92. The summed E-state index contributed by atoms with van der Waals surface area (Å²) in [7, 11) is 0. The molecule has 0 amide bonds. The van der Waals surface area contributed by atoms with Crippen LogP contribution in [0.3, 0.4) is 0 Å². The van der Waals surface area contributed by atoms with Crippen LogP contribution in [0.1, 0.15) is 48.3 Å². The van der Waals surface area contributed by atoms with Crippen molar-refractivity contribution in [1.29, 1.82) is 5.26 Å². The van der Waals surface area contributed by atoms with Gasteiger partial charge in [0, 0.05) is 11.3 Å². The molecular formula is C13H15BrN2O2. The van der Waals surface area contributed by atoms with E-state index in [2.05, 4.69) is 20.9 Å². The van der Waals surface area contributed by atoms with E-state index in [1.54, 1.807) is 6.07 Å². The lowest BCUT2D eigenvalue weighted by Crippen LogP contribution is -2.21. The van der Waals surface area contributed by atoms with Gasteiger partial charge in [-0.25, -0.2) is 0 Å². The van der Waals surface area contributed by atoms with Crippen molar-refractivity contribution in [2.45, 2.75) is 37.9 Å². The number of carbonyl (C=O) groups excluding carboxylic acids is 1. The summed E-state index contributed by atoms with van der Waals surface area (Å²) in [6.07, 6.45) is 2.10. The Labute approximate surface area is 114 Å². The summed E-state index contributed by atoms with van der Waals surface area (Å²) >= 11 is 3.30.